The van der Waals surface area contributed by atoms with Gasteiger partial charge in [-0.15, -0.1) is 11.3 Å². The highest BCUT2D eigenvalue weighted by Crippen LogP contribution is 2.38. The van der Waals surface area contributed by atoms with E-state index in [2.05, 4.69) is 11.8 Å². The molecule has 6 nitrogen and oxygen atoms in total. The zero-order chi connectivity index (χ0) is 20.8. The number of fused-ring (bicyclic) bond motifs is 1. The van der Waals surface area contributed by atoms with E-state index >= 15 is 0 Å². The average Bonchev–Trinajstić information content (AvgIpc) is 3.35. The molecule has 156 valence electrons. The zero-order valence-corrected chi connectivity index (χ0v) is 18.3. The van der Waals surface area contributed by atoms with Crippen LogP contribution in [-0.4, -0.2) is 53.8 Å². The van der Waals surface area contributed by atoms with E-state index in [1.807, 2.05) is 12.1 Å². The Hall–Kier alpha value is -2.15. The fourth-order valence-corrected chi connectivity index (χ4v) is 5.88. The fraction of sp³-hybridized carbons (Fsp3) is 0.591. The van der Waals surface area contributed by atoms with Crippen LogP contribution >= 0.6 is 11.3 Å². The summed E-state index contributed by atoms with van der Waals surface area (Å²) in [6.07, 6.45) is 6.41. The first kappa shape index (κ1) is 20.1. The molecule has 0 spiro atoms. The molecule has 0 bridgehead atoms. The molecule has 1 atom stereocenters. The molecule has 7 heteroatoms. The topological polar surface area (TPSA) is 79.5 Å². The molecule has 2 aromatic heterocycles. The highest BCUT2D eigenvalue weighted by Gasteiger charge is 2.38. The van der Waals surface area contributed by atoms with Crippen molar-refractivity contribution >= 4 is 39.1 Å². The standard InChI is InChI=1S/C22H30N4O2S/c1-22(11-6-12-26(13-22)20(27)14-7-4-5-8-14)16-10-9-15-17(23)18(21(28)25(2)3)29-19(15)24-16/h9-10,14H,4-8,11-13,23H2,1-3H3/t22-/m0/s1. The lowest BCUT2D eigenvalue weighted by Gasteiger charge is -2.41. The Balaban J connectivity index is 1.62. The number of pyridine rings is 1. The lowest BCUT2D eigenvalue weighted by atomic mass is 9.78. The Morgan fingerprint density at radius 2 is 1.97 bits per heavy atom. The van der Waals surface area contributed by atoms with Crippen molar-refractivity contribution in [1.29, 1.82) is 0 Å². The molecule has 4 rings (SSSR count). The molecule has 1 aliphatic carbocycles. The molecule has 29 heavy (non-hydrogen) atoms. The Bertz CT molecular complexity index is 948. The summed E-state index contributed by atoms with van der Waals surface area (Å²) in [4.78, 5) is 35.2. The van der Waals surface area contributed by atoms with Crippen LogP contribution < -0.4 is 5.73 Å². The van der Waals surface area contributed by atoms with Gasteiger partial charge < -0.3 is 15.5 Å². The average molecular weight is 415 g/mol. The van der Waals surface area contributed by atoms with Crippen LogP contribution in [0.1, 0.15) is 60.8 Å². The number of nitrogen functional groups attached to an aromatic ring is 1. The van der Waals surface area contributed by atoms with Crippen molar-refractivity contribution in [2.75, 3.05) is 32.9 Å². The third-order valence-corrected chi connectivity index (χ3v) is 7.63. The minimum absolute atomic E-state index is 0.0933. The monoisotopic (exact) mass is 414 g/mol. The number of amides is 2. The van der Waals surface area contributed by atoms with Crippen LogP contribution in [0.15, 0.2) is 12.1 Å². The number of hydrogen-bond acceptors (Lipinski definition) is 5. The van der Waals surface area contributed by atoms with Crippen molar-refractivity contribution in [3.63, 3.8) is 0 Å². The maximum Gasteiger partial charge on any atom is 0.265 e. The number of rotatable bonds is 3. The molecule has 0 radical (unpaired) electrons. The molecule has 2 aliphatic rings. The van der Waals surface area contributed by atoms with Crippen LogP contribution in [0.25, 0.3) is 10.2 Å². The lowest BCUT2D eigenvalue weighted by molar-refractivity contribution is -0.137. The molecule has 2 fully saturated rings. The number of piperidine rings is 1. The normalized spacial score (nSPS) is 22.9. The van der Waals surface area contributed by atoms with Gasteiger partial charge in [-0.1, -0.05) is 19.8 Å². The number of carbonyl (C=O) groups is 2. The number of nitrogens with two attached hydrogens (primary N) is 1. The number of likely N-dealkylation sites (tertiary alicyclic amines) is 1. The number of thiophene rings is 1. The molecule has 0 unspecified atom stereocenters. The Morgan fingerprint density at radius 1 is 1.24 bits per heavy atom. The predicted molar refractivity (Wildman–Crippen MR) is 117 cm³/mol. The van der Waals surface area contributed by atoms with E-state index in [0.717, 1.165) is 48.1 Å². The van der Waals surface area contributed by atoms with E-state index in [-0.39, 0.29) is 17.2 Å². The van der Waals surface area contributed by atoms with Gasteiger partial charge in [-0.25, -0.2) is 4.98 Å². The molecule has 1 aliphatic heterocycles. The van der Waals surface area contributed by atoms with E-state index < -0.39 is 0 Å². The second-order valence-corrected chi connectivity index (χ2v) is 10.00. The second kappa shape index (κ2) is 7.59. The number of aromatic nitrogens is 1. The van der Waals surface area contributed by atoms with Gasteiger partial charge in [0.1, 0.15) is 9.71 Å². The first-order valence-corrected chi connectivity index (χ1v) is 11.3. The molecule has 1 saturated heterocycles. The maximum absolute atomic E-state index is 13.0. The van der Waals surface area contributed by atoms with Crippen molar-refractivity contribution in [2.24, 2.45) is 5.92 Å². The molecule has 1 saturated carbocycles. The van der Waals surface area contributed by atoms with Crippen molar-refractivity contribution in [3.8, 4) is 0 Å². The van der Waals surface area contributed by atoms with Gasteiger partial charge in [0.25, 0.3) is 5.91 Å². The minimum atomic E-state index is -0.175. The van der Waals surface area contributed by atoms with E-state index in [0.29, 0.717) is 23.0 Å². The number of hydrogen-bond donors (Lipinski definition) is 1. The third-order valence-electron chi connectivity index (χ3n) is 6.53. The summed E-state index contributed by atoms with van der Waals surface area (Å²) in [6, 6.07) is 4.01. The molecule has 2 N–H and O–H groups in total. The van der Waals surface area contributed by atoms with Gasteiger partial charge in [0, 0.05) is 49.6 Å². The first-order chi connectivity index (χ1) is 13.8. The smallest absolute Gasteiger partial charge is 0.265 e. The molecular weight excluding hydrogens is 384 g/mol. The van der Waals surface area contributed by atoms with Gasteiger partial charge in [-0.3, -0.25) is 9.59 Å². The summed E-state index contributed by atoms with van der Waals surface area (Å²) < 4.78 is 0. The maximum atomic E-state index is 13.0. The first-order valence-electron chi connectivity index (χ1n) is 10.5. The van der Waals surface area contributed by atoms with E-state index in [4.69, 9.17) is 10.7 Å². The van der Waals surface area contributed by atoms with E-state index in [1.165, 1.54) is 29.1 Å². The van der Waals surface area contributed by atoms with Crippen molar-refractivity contribution in [3.05, 3.63) is 22.7 Å². The number of nitrogens with zero attached hydrogens (tertiary/aromatic N) is 3. The van der Waals surface area contributed by atoms with Crippen molar-refractivity contribution in [1.82, 2.24) is 14.8 Å². The van der Waals surface area contributed by atoms with Crippen LogP contribution in [-0.2, 0) is 10.2 Å². The minimum Gasteiger partial charge on any atom is -0.397 e. The highest BCUT2D eigenvalue weighted by molar-refractivity contribution is 7.21. The predicted octanol–water partition coefficient (Wildman–Crippen LogP) is 3.65. The van der Waals surface area contributed by atoms with Gasteiger partial charge in [0.05, 0.1) is 5.69 Å². The summed E-state index contributed by atoms with van der Waals surface area (Å²) >= 11 is 1.36. The van der Waals surface area contributed by atoms with Crippen LogP contribution in [0.4, 0.5) is 5.69 Å². The third kappa shape index (κ3) is 3.61. The Kier molecular flexibility index (Phi) is 5.27. The van der Waals surface area contributed by atoms with Gasteiger partial charge in [-0.2, -0.15) is 0 Å². The molecular formula is C22H30N4O2S. The largest absolute Gasteiger partial charge is 0.397 e. The van der Waals surface area contributed by atoms with E-state index in [9.17, 15) is 9.59 Å². The summed E-state index contributed by atoms with van der Waals surface area (Å²) in [6.45, 7) is 3.77. The van der Waals surface area contributed by atoms with Crippen molar-refractivity contribution in [2.45, 2.75) is 50.9 Å². The quantitative estimate of drug-likeness (QED) is 0.831. The number of carbonyl (C=O) groups excluding carboxylic acids is 2. The van der Waals surface area contributed by atoms with Crippen LogP contribution in [0.3, 0.4) is 0 Å². The molecule has 2 aromatic rings. The summed E-state index contributed by atoms with van der Waals surface area (Å²) in [5.41, 5.74) is 7.56. The number of anilines is 1. The van der Waals surface area contributed by atoms with Crippen LogP contribution in [0.5, 0.6) is 0 Å². The summed E-state index contributed by atoms with van der Waals surface area (Å²) in [5.74, 6) is 0.447. The second-order valence-electron chi connectivity index (χ2n) is 9.00. The summed E-state index contributed by atoms with van der Waals surface area (Å²) in [5, 5.41) is 0.835. The van der Waals surface area contributed by atoms with Gasteiger partial charge >= 0.3 is 0 Å². The van der Waals surface area contributed by atoms with Crippen LogP contribution in [0, 0.1) is 5.92 Å². The van der Waals surface area contributed by atoms with Gasteiger partial charge in [-0.05, 0) is 37.8 Å². The van der Waals surface area contributed by atoms with Gasteiger partial charge in [0.15, 0.2) is 0 Å². The molecule has 0 aromatic carbocycles. The summed E-state index contributed by atoms with van der Waals surface area (Å²) in [7, 11) is 3.45. The van der Waals surface area contributed by atoms with E-state index in [1.54, 1.807) is 14.1 Å². The molecule has 3 heterocycles. The van der Waals surface area contributed by atoms with Crippen molar-refractivity contribution < 1.29 is 9.59 Å². The zero-order valence-electron chi connectivity index (χ0n) is 17.5. The Morgan fingerprint density at radius 3 is 2.66 bits per heavy atom. The van der Waals surface area contributed by atoms with Crippen LogP contribution in [0.2, 0.25) is 0 Å². The SMILES string of the molecule is CN(C)C(=O)c1sc2nc([C@@]3(C)CCCN(C(=O)C4CCCC4)C3)ccc2c1N. The molecule has 2 amide bonds. The lowest BCUT2D eigenvalue weighted by Crippen LogP contribution is -2.49. The highest BCUT2D eigenvalue weighted by atomic mass is 32.1. The Labute approximate surface area is 176 Å². The fourth-order valence-electron chi connectivity index (χ4n) is 4.76. The van der Waals surface area contributed by atoms with Gasteiger partial charge in [0.2, 0.25) is 5.91 Å².